The number of fused-ring (bicyclic) bond motifs is 11. The van der Waals surface area contributed by atoms with Crippen molar-refractivity contribution in [1.29, 1.82) is 0 Å². The molecule has 0 saturated heterocycles. The molecule has 3 heteroatoms. The number of furan rings is 1. The van der Waals surface area contributed by atoms with Crippen molar-refractivity contribution in [2.24, 2.45) is 17.8 Å². The molecule has 0 radical (unpaired) electrons. The van der Waals surface area contributed by atoms with Crippen molar-refractivity contribution in [2.45, 2.75) is 19.0 Å². The van der Waals surface area contributed by atoms with Gasteiger partial charge in [-0.05, 0) is 121 Å². The van der Waals surface area contributed by atoms with E-state index in [1.807, 2.05) is 0 Å². The number of benzene rings is 9. The van der Waals surface area contributed by atoms with Gasteiger partial charge in [0.15, 0.2) is 0 Å². The van der Waals surface area contributed by atoms with Crippen LogP contribution >= 0.6 is 0 Å². The zero-order valence-electron chi connectivity index (χ0n) is 33.8. The van der Waals surface area contributed by atoms with E-state index in [2.05, 4.69) is 217 Å². The minimum absolute atomic E-state index is 0.165. The molecule has 9 aromatic carbocycles. The molecule has 11 aromatic rings. The molecule has 1 fully saturated rings. The Balaban J connectivity index is 0.966. The van der Waals surface area contributed by atoms with Gasteiger partial charge in [-0.25, -0.2) is 0 Å². The van der Waals surface area contributed by atoms with Crippen LogP contribution in [0.25, 0.3) is 93.2 Å². The van der Waals surface area contributed by atoms with E-state index in [1.54, 1.807) is 0 Å². The molecular weight excluding hydrogens is 741 g/mol. The van der Waals surface area contributed by atoms with Crippen molar-refractivity contribution in [3.05, 3.63) is 211 Å². The van der Waals surface area contributed by atoms with Gasteiger partial charge in [-0.2, -0.15) is 0 Å². The first kappa shape index (κ1) is 34.5. The largest absolute Gasteiger partial charge is 0.456 e. The molecule has 61 heavy (non-hydrogen) atoms. The summed E-state index contributed by atoms with van der Waals surface area (Å²) in [6, 6.07) is 71.6. The Kier molecular flexibility index (Phi) is 7.54. The van der Waals surface area contributed by atoms with Crippen LogP contribution in [-0.4, -0.2) is 4.57 Å². The predicted molar refractivity (Wildman–Crippen MR) is 255 cm³/mol. The first-order valence-electron chi connectivity index (χ1n) is 21.7. The molecule has 5 atom stereocenters. The lowest BCUT2D eigenvalue weighted by Crippen LogP contribution is -2.22. The fraction of sp³-hybridized carbons (Fsp3) is 0.103. The molecule has 0 bridgehead atoms. The molecule has 0 spiro atoms. The van der Waals surface area contributed by atoms with Gasteiger partial charge in [0.05, 0.1) is 17.6 Å². The second-order valence-electron chi connectivity index (χ2n) is 17.3. The Labute approximate surface area is 354 Å². The highest BCUT2D eigenvalue weighted by molar-refractivity contribution is 6.22. The van der Waals surface area contributed by atoms with Crippen LogP contribution in [0.2, 0.25) is 0 Å². The Morgan fingerprint density at radius 1 is 0.443 bits per heavy atom. The normalized spacial score (nSPS) is 20.0. The van der Waals surface area contributed by atoms with E-state index in [0.717, 1.165) is 22.1 Å². The molecule has 1 aliphatic heterocycles. The standard InChI is InChI=1S/C58H42N2O/c1-35-54-51(34-48(38-15-4-2-5-16-38)59-58(55(35)54)39-17-6-3-7-18-39)60-49-28-25-42(32-47(49)56-44-21-10-8-13-36(44)24-29-50(56)60)40-19-12-20-41(31-40)43-23-27-46-53(33-43)61-52-30-26-37-14-9-11-22-45(37)57(46)52/h2-35,51,54-55,58-59H,1H3/t35?,51?,54-,55?,58?/m0/s1. The molecule has 4 unspecified atom stereocenters. The van der Waals surface area contributed by atoms with Crippen molar-refractivity contribution in [2.75, 3.05) is 0 Å². The van der Waals surface area contributed by atoms with Crippen LogP contribution in [0.5, 0.6) is 0 Å². The number of nitrogens with zero attached hydrogens (tertiary/aromatic N) is 1. The average Bonchev–Trinajstić information content (AvgIpc) is 3.72. The van der Waals surface area contributed by atoms with Crippen LogP contribution in [0.4, 0.5) is 0 Å². The highest BCUT2D eigenvalue weighted by atomic mass is 16.3. The highest BCUT2D eigenvalue weighted by Crippen LogP contribution is 2.61. The maximum Gasteiger partial charge on any atom is 0.136 e. The highest BCUT2D eigenvalue weighted by Gasteiger charge is 2.57. The Hall–Kier alpha value is -7.36. The van der Waals surface area contributed by atoms with Gasteiger partial charge in [0.2, 0.25) is 0 Å². The van der Waals surface area contributed by atoms with Gasteiger partial charge in [-0.15, -0.1) is 0 Å². The van der Waals surface area contributed by atoms with Gasteiger partial charge in [0, 0.05) is 32.8 Å². The summed E-state index contributed by atoms with van der Waals surface area (Å²) in [4.78, 5) is 0. The van der Waals surface area contributed by atoms with Crippen LogP contribution in [0.3, 0.4) is 0 Å². The van der Waals surface area contributed by atoms with E-state index in [9.17, 15) is 0 Å². The van der Waals surface area contributed by atoms with Crippen LogP contribution in [0.1, 0.15) is 30.1 Å². The summed E-state index contributed by atoms with van der Waals surface area (Å²) in [7, 11) is 0. The smallest absolute Gasteiger partial charge is 0.136 e. The first-order valence-corrected chi connectivity index (χ1v) is 21.7. The molecule has 1 saturated carbocycles. The second kappa shape index (κ2) is 13.3. The average molecular weight is 783 g/mol. The molecule has 2 aromatic heterocycles. The van der Waals surface area contributed by atoms with E-state index < -0.39 is 0 Å². The molecule has 1 N–H and O–H groups in total. The van der Waals surface area contributed by atoms with Crippen LogP contribution in [0, 0.1) is 17.8 Å². The lowest BCUT2D eigenvalue weighted by Gasteiger charge is -2.22. The van der Waals surface area contributed by atoms with Gasteiger partial charge in [0.1, 0.15) is 11.2 Å². The molecule has 3 nitrogen and oxygen atoms in total. The monoisotopic (exact) mass is 782 g/mol. The molecule has 13 rings (SSSR count). The second-order valence-corrected chi connectivity index (χ2v) is 17.3. The summed E-state index contributed by atoms with van der Waals surface area (Å²) in [6.07, 6.45) is 2.55. The van der Waals surface area contributed by atoms with Gasteiger partial charge >= 0.3 is 0 Å². The number of nitrogens with one attached hydrogen (secondary N) is 1. The fourth-order valence-electron chi connectivity index (χ4n) is 11.1. The van der Waals surface area contributed by atoms with Crippen molar-refractivity contribution in [3.63, 3.8) is 0 Å². The summed E-state index contributed by atoms with van der Waals surface area (Å²) < 4.78 is 9.17. The maximum absolute atomic E-state index is 6.49. The fourth-order valence-corrected chi connectivity index (χ4v) is 11.1. The van der Waals surface area contributed by atoms with Crippen molar-refractivity contribution < 1.29 is 4.42 Å². The van der Waals surface area contributed by atoms with Crippen LogP contribution in [-0.2, 0) is 0 Å². The number of hydrogen-bond acceptors (Lipinski definition) is 2. The SMILES string of the molecule is CC1C2C(c3ccccc3)NC(c3ccccc3)=CC(n3c4ccc(-c5cccc(-c6ccc7c(c6)oc6ccc8ccccc8c67)c5)cc4c4c5ccccc5ccc43)[C@H]12. The summed E-state index contributed by atoms with van der Waals surface area (Å²) in [6.45, 7) is 2.46. The number of rotatable bonds is 5. The molecule has 0 amide bonds. The van der Waals surface area contributed by atoms with E-state index in [4.69, 9.17) is 4.42 Å². The summed E-state index contributed by atoms with van der Waals surface area (Å²) >= 11 is 0. The minimum Gasteiger partial charge on any atom is -0.456 e. The summed E-state index contributed by atoms with van der Waals surface area (Å²) in [5.41, 5.74) is 12.9. The van der Waals surface area contributed by atoms with E-state index in [0.29, 0.717) is 17.8 Å². The lowest BCUT2D eigenvalue weighted by molar-refractivity contribution is 0.479. The third kappa shape index (κ3) is 5.36. The van der Waals surface area contributed by atoms with Gasteiger partial charge in [-0.1, -0.05) is 159 Å². The van der Waals surface area contributed by atoms with Crippen molar-refractivity contribution in [1.82, 2.24) is 9.88 Å². The van der Waals surface area contributed by atoms with Gasteiger partial charge in [-0.3, -0.25) is 0 Å². The maximum atomic E-state index is 6.49. The molecule has 290 valence electrons. The van der Waals surface area contributed by atoms with Gasteiger partial charge < -0.3 is 14.3 Å². The number of aromatic nitrogens is 1. The number of allylic oxidation sites excluding steroid dienone is 1. The topological polar surface area (TPSA) is 30.1 Å². The summed E-state index contributed by atoms with van der Waals surface area (Å²) in [5, 5.41) is 14.1. The van der Waals surface area contributed by atoms with E-state index in [-0.39, 0.29) is 12.1 Å². The zero-order chi connectivity index (χ0) is 40.2. The summed E-state index contributed by atoms with van der Waals surface area (Å²) in [5.74, 6) is 1.53. The molecule has 3 heterocycles. The molecular formula is C58H42N2O. The Morgan fingerprint density at radius 2 is 1.07 bits per heavy atom. The minimum atomic E-state index is 0.165. The van der Waals surface area contributed by atoms with Crippen molar-refractivity contribution >= 4 is 71.0 Å². The third-order valence-electron chi connectivity index (χ3n) is 14.1. The Bertz CT molecular complexity index is 3560. The number of hydrogen-bond donors (Lipinski definition) is 1. The third-order valence-corrected chi connectivity index (χ3v) is 14.1. The zero-order valence-corrected chi connectivity index (χ0v) is 33.8. The first-order chi connectivity index (χ1) is 30.2. The van der Waals surface area contributed by atoms with E-state index in [1.165, 1.54) is 82.3 Å². The van der Waals surface area contributed by atoms with E-state index >= 15 is 0 Å². The molecule has 2 aliphatic rings. The van der Waals surface area contributed by atoms with Crippen LogP contribution in [0.15, 0.2) is 205 Å². The molecule has 1 aliphatic carbocycles. The lowest BCUT2D eigenvalue weighted by atomic mass is 9.96. The van der Waals surface area contributed by atoms with Crippen LogP contribution < -0.4 is 5.32 Å². The quantitative estimate of drug-likeness (QED) is 0.188. The van der Waals surface area contributed by atoms with Gasteiger partial charge in [0.25, 0.3) is 0 Å². The van der Waals surface area contributed by atoms with Crippen molar-refractivity contribution in [3.8, 4) is 22.3 Å². The Morgan fingerprint density at radius 3 is 1.85 bits per heavy atom. The predicted octanol–water partition coefficient (Wildman–Crippen LogP) is 15.1.